The number of fused-ring (bicyclic) bond motifs is 1. The van der Waals surface area contributed by atoms with Crippen LogP contribution in [0.5, 0.6) is 0 Å². The number of hydrogen-bond donors (Lipinski definition) is 0. The second kappa shape index (κ2) is 1.97. The number of Topliss-reactive ketones (excluding diaryl/α,β-unsaturated/α-hetero) is 1. The Kier molecular flexibility index (Phi) is 1.14. The summed E-state index contributed by atoms with van der Waals surface area (Å²) in [5, 5.41) is 0. The quantitative estimate of drug-likeness (QED) is 0.442. The van der Waals surface area contributed by atoms with Gasteiger partial charge >= 0.3 is 5.97 Å². The first-order chi connectivity index (χ1) is 6.21. The fourth-order valence-corrected chi connectivity index (χ4v) is 3.65. The molecule has 4 aliphatic carbocycles. The second-order valence-electron chi connectivity index (χ2n) is 4.54. The Balaban J connectivity index is 2.00. The van der Waals surface area contributed by atoms with Crippen molar-refractivity contribution in [2.75, 3.05) is 7.11 Å². The third kappa shape index (κ3) is 0.607. The Morgan fingerprint density at radius 1 is 1.46 bits per heavy atom. The maximum Gasteiger partial charge on any atom is 0.319 e. The summed E-state index contributed by atoms with van der Waals surface area (Å²) in [6, 6.07) is 0. The molecule has 0 aromatic rings. The van der Waals surface area contributed by atoms with Gasteiger partial charge in [-0.3, -0.25) is 9.59 Å². The number of ketones is 1. The van der Waals surface area contributed by atoms with Gasteiger partial charge in [-0.25, -0.2) is 0 Å². The minimum absolute atomic E-state index is 0.150. The third-order valence-corrected chi connectivity index (χ3v) is 4.18. The van der Waals surface area contributed by atoms with E-state index in [1.807, 2.05) is 0 Å². The van der Waals surface area contributed by atoms with E-state index < -0.39 is 5.41 Å². The Bertz CT molecular complexity index is 285. The van der Waals surface area contributed by atoms with E-state index in [0.717, 1.165) is 12.8 Å². The minimum Gasteiger partial charge on any atom is -0.468 e. The maximum absolute atomic E-state index is 11.7. The zero-order valence-corrected chi connectivity index (χ0v) is 7.58. The Hall–Kier alpha value is -0.860. The van der Waals surface area contributed by atoms with E-state index in [0.29, 0.717) is 24.2 Å². The number of ether oxygens (including phenoxy) is 1. The first kappa shape index (κ1) is 7.54. The van der Waals surface area contributed by atoms with E-state index in [9.17, 15) is 9.59 Å². The Labute approximate surface area is 76.4 Å². The van der Waals surface area contributed by atoms with Crippen molar-refractivity contribution in [3.8, 4) is 0 Å². The molecule has 0 aliphatic heterocycles. The lowest BCUT2D eigenvalue weighted by Gasteiger charge is -2.27. The highest BCUT2D eigenvalue weighted by Gasteiger charge is 2.79. The number of rotatable bonds is 1. The molecule has 4 atom stereocenters. The topological polar surface area (TPSA) is 43.4 Å². The van der Waals surface area contributed by atoms with Crippen LogP contribution in [0.4, 0.5) is 0 Å². The summed E-state index contributed by atoms with van der Waals surface area (Å²) in [6.07, 6.45) is 2.76. The zero-order chi connectivity index (χ0) is 9.22. The summed E-state index contributed by atoms with van der Waals surface area (Å²) in [5.41, 5.74) is -0.663. The van der Waals surface area contributed by atoms with Gasteiger partial charge in [-0.2, -0.15) is 0 Å². The van der Waals surface area contributed by atoms with Gasteiger partial charge in [0.25, 0.3) is 0 Å². The van der Waals surface area contributed by atoms with Crippen molar-refractivity contribution < 1.29 is 14.3 Å². The second-order valence-corrected chi connectivity index (χ2v) is 4.54. The van der Waals surface area contributed by atoms with Crippen LogP contribution < -0.4 is 0 Å². The van der Waals surface area contributed by atoms with Crippen LogP contribution in [-0.2, 0) is 14.3 Å². The van der Waals surface area contributed by atoms with Gasteiger partial charge in [0, 0.05) is 6.42 Å². The van der Waals surface area contributed by atoms with E-state index in [4.69, 9.17) is 4.74 Å². The van der Waals surface area contributed by atoms with Crippen molar-refractivity contribution in [3.05, 3.63) is 0 Å². The molecule has 0 aromatic heterocycles. The van der Waals surface area contributed by atoms with E-state index in [2.05, 4.69) is 0 Å². The number of esters is 1. The summed E-state index contributed by atoms with van der Waals surface area (Å²) in [5.74, 6) is 1.13. The first-order valence-electron chi connectivity index (χ1n) is 4.83. The standard InChI is InChI=1S/C10H12O3/c1-13-9(12)10-6-2-5(3-7(6)10)4-8(10)11/h5-7H,2-4H2,1H3/t5?,6-,7+,10?. The van der Waals surface area contributed by atoms with Crippen LogP contribution in [0.3, 0.4) is 0 Å². The number of carbonyl (C=O) groups excluding carboxylic acids is 2. The summed E-state index contributed by atoms with van der Waals surface area (Å²) < 4.78 is 4.74. The molecule has 3 heteroatoms. The first-order valence-corrected chi connectivity index (χ1v) is 4.83. The Morgan fingerprint density at radius 3 is 2.54 bits per heavy atom. The van der Waals surface area contributed by atoms with Crippen LogP contribution in [0.15, 0.2) is 0 Å². The van der Waals surface area contributed by atoms with Gasteiger partial charge in [0.05, 0.1) is 7.11 Å². The highest BCUT2D eigenvalue weighted by atomic mass is 16.5. The van der Waals surface area contributed by atoms with Gasteiger partial charge in [0.2, 0.25) is 0 Å². The molecule has 4 aliphatic rings. The Morgan fingerprint density at radius 2 is 2.08 bits per heavy atom. The molecular weight excluding hydrogens is 168 g/mol. The summed E-state index contributed by atoms with van der Waals surface area (Å²) >= 11 is 0. The van der Waals surface area contributed by atoms with Crippen LogP contribution in [0.25, 0.3) is 0 Å². The average molecular weight is 180 g/mol. The van der Waals surface area contributed by atoms with E-state index in [1.165, 1.54) is 7.11 Å². The molecule has 4 saturated carbocycles. The molecule has 0 aromatic carbocycles. The van der Waals surface area contributed by atoms with E-state index in [-0.39, 0.29) is 11.8 Å². The van der Waals surface area contributed by atoms with Gasteiger partial charge in [-0.15, -0.1) is 0 Å². The molecule has 0 heterocycles. The molecule has 13 heavy (non-hydrogen) atoms. The molecule has 4 rings (SSSR count). The molecule has 4 fully saturated rings. The smallest absolute Gasteiger partial charge is 0.319 e. The van der Waals surface area contributed by atoms with Crippen molar-refractivity contribution in [1.29, 1.82) is 0 Å². The normalized spacial score (nSPS) is 50.5. The summed E-state index contributed by atoms with van der Waals surface area (Å²) in [4.78, 5) is 23.2. The van der Waals surface area contributed by atoms with Crippen molar-refractivity contribution in [3.63, 3.8) is 0 Å². The van der Waals surface area contributed by atoms with Crippen molar-refractivity contribution in [2.24, 2.45) is 23.2 Å². The monoisotopic (exact) mass is 180 g/mol. The number of hydrogen-bond acceptors (Lipinski definition) is 3. The molecule has 3 nitrogen and oxygen atoms in total. The van der Waals surface area contributed by atoms with Gasteiger partial charge in [-0.1, -0.05) is 0 Å². The molecule has 0 saturated heterocycles. The summed E-state index contributed by atoms with van der Waals surface area (Å²) in [7, 11) is 1.38. The van der Waals surface area contributed by atoms with Crippen molar-refractivity contribution in [2.45, 2.75) is 19.3 Å². The van der Waals surface area contributed by atoms with Gasteiger partial charge < -0.3 is 4.74 Å². The lowest BCUT2D eigenvalue weighted by molar-refractivity contribution is -0.155. The molecule has 0 amide bonds. The van der Waals surface area contributed by atoms with Crippen LogP contribution in [-0.4, -0.2) is 18.9 Å². The van der Waals surface area contributed by atoms with E-state index in [1.54, 1.807) is 0 Å². The predicted molar refractivity (Wildman–Crippen MR) is 43.8 cm³/mol. The number of carbonyl (C=O) groups is 2. The van der Waals surface area contributed by atoms with Crippen LogP contribution >= 0.6 is 0 Å². The fraction of sp³-hybridized carbons (Fsp3) is 0.800. The predicted octanol–water partition coefficient (Wildman–Crippen LogP) is 0.775. The molecule has 2 unspecified atom stereocenters. The van der Waals surface area contributed by atoms with Crippen molar-refractivity contribution in [1.82, 2.24) is 0 Å². The molecular formula is C10H12O3. The maximum atomic E-state index is 11.7. The molecule has 0 radical (unpaired) electrons. The van der Waals surface area contributed by atoms with Crippen LogP contribution in [0.1, 0.15) is 19.3 Å². The number of methoxy groups -OCH3 is 1. The third-order valence-electron chi connectivity index (χ3n) is 4.18. The molecule has 4 bridgehead atoms. The largest absolute Gasteiger partial charge is 0.468 e. The lowest BCUT2D eigenvalue weighted by Crippen LogP contribution is -2.38. The SMILES string of the molecule is COC(=O)C12C(=O)CC3C[C@@H]1[C@@H]2C3. The van der Waals surface area contributed by atoms with Gasteiger partial charge in [0.15, 0.2) is 5.78 Å². The van der Waals surface area contributed by atoms with Gasteiger partial charge in [0.1, 0.15) is 5.41 Å². The fourth-order valence-electron chi connectivity index (χ4n) is 3.65. The molecule has 0 N–H and O–H groups in total. The zero-order valence-electron chi connectivity index (χ0n) is 7.58. The highest BCUT2D eigenvalue weighted by Crippen LogP contribution is 2.74. The highest BCUT2D eigenvalue weighted by molar-refractivity contribution is 6.09. The van der Waals surface area contributed by atoms with Crippen molar-refractivity contribution >= 4 is 11.8 Å². The van der Waals surface area contributed by atoms with E-state index >= 15 is 0 Å². The minimum atomic E-state index is -0.663. The molecule has 70 valence electrons. The summed E-state index contributed by atoms with van der Waals surface area (Å²) in [6.45, 7) is 0. The molecule has 0 spiro atoms. The van der Waals surface area contributed by atoms with Gasteiger partial charge in [-0.05, 0) is 30.6 Å². The average Bonchev–Trinajstić information content (AvgIpc) is 2.61. The van der Waals surface area contributed by atoms with Crippen LogP contribution in [0.2, 0.25) is 0 Å². The lowest BCUT2D eigenvalue weighted by atomic mass is 9.75. The van der Waals surface area contributed by atoms with Crippen LogP contribution in [0, 0.1) is 23.2 Å².